The number of aromatic nitrogens is 2. The molecule has 0 N–H and O–H groups in total. The van der Waals surface area contributed by atoms with Crippen molar-refractivity contribution in [1.82, 2.24) is 9.97 Å². The average Bonchev–Trinajstić information content (AvgIpc) is 3.09. The molecule has 25 heavy (non-hydrogen) atoms. The quantitative estimate of drug-likeness (QED) is 0.754. The Morgan fingerprint density at radius 2 is 1.80 bits per heavy atom. The Morgan fingerprint density at radius 1 is 1.12 bits per heavy atom. The smallest absolute Gasteiger partial charge is 0.317 e. The van der Waals surface area contributed by atoms with E-state index in [-0.39, 0.29) is 12.1 Å². The van der Waals surface area contributed by atoms with Gasteiger partial charge < -0.3 is 9.47 Å². The van der Waals surface area contributed by atoms with Crippen LogP contribution >= 0.6 is 0 Å². The molecule has 0 aliphatic heterocycles. The van der Waals surface area contributed by atoms with Crippen molar-refractivity contribution in [3.8, 4) is 6.01 Å². The molecule has 2 aromatic rings. The largest absolute Gasteiger partial charge is 0.469 e. The van der Waals surface area contributed by atoms with E-state index in [1.807, 2.05) is 37.3 Å². The van der Waals surface area contributed by atoms with Crippen molar-refractivity contribution in [1.29, 1.82) is 0 Å². The summed E-state index contributed by atoms with van der Waals surface area (Å²) >= 11 is 0. The maximum atomic E-state index is 11.3. The fourth-order valence-corrected chi connectivity index (χ4v) is 3.13. The number of esters is 1. The zero-order valence-electron chi connectivity index (χ0n) is 14.8. The number of nitrogens with zero attached hydrogens (tertiary/aromatic N) is 2. The van der Waals surface area contributed by atoms with E-state index in [1.165, 1.54) is 20.0 Å². The molecule has 1 aromatic carbocycles. The van der Waals surface area contributed by atoms with Crippen LogP contribution in [-0.2, 0) is 22.4 Å². The van der Waals surface area contributed by atoms with Gasteiger partial charge in [-0.2, -0.15) is 4.98 Å². The van der Waals surface area contributed by atoms with Crippen LogP contribution in [0.4, 0.5) is 0 Å². The molecular weight excluding hydrogens is 316 g/mol. The van der Waals surface area contributed by atoms with Gasteiger partial charge >= 0.3 is 12.0 Å². The van der Waals surface area contributed by atoms with E-state index in [9.17, 15) is 4.79 Å². The van der Waals surface area contributed by atoms with Crippen molar-refractivity contribution in [2.75, 3.05) is 7.11 Å². The monoisotopic (exact) mass is 340 g/mol. The molecule has 0 spiro atoms. The minimum Gasteiger partial charge on any atom is -0.469 e. The zero-order valence-corrected chi connectivity index (χ0v) is 14.8. The van der Waals surface area contributed by atoms with Crippen LogP contribution in [0.1, 0.15) is 48.2 Å². The lowest BCUT2D eigenvalue weighted by Gasteiger charge is -2.12. The first-order valence-corrected chi connectivity index (χ1v) is 8.78. The maximum absolute atomic E-state index is 11.3. The Morgan fingerprint density at radius 3 is 2.48 bits per heavy atom. The molecule has 1 saturated carbocycles. The number of carbonyl (C=O) groups excluding carboxylic acids is 1. The number of rotatable bonds is 6. The average molecular weight is 340 g/mol. The van der Waals surface area contributed by atoms with E-state index in [0.29, 0.717) is 18.9 Å². The molecule has 0 unspecified atom stereocenters. The van der Waals surface area contributed by atoms with Gasteiger partial charge in [-0.1, -0.05) is 24.3 Å². The number of benzene rings is 1. The second-order valence-electron chi connectivity index (χ2n) is 6.55. The van der Waals surface area contributed by atoms with E-state index in [0.717, 1.165) is 35.4 Å². The number of methoxy groups -OCH3 is 1. The minimum absolute atomic E-state index is 0.229. The highest BCUT2D eigenvalue weighted by molar-refractivity contribution is 5.72. The highest BCUT2D eigenvalue weighted by Crippen LogP contribution is 2.22. The van der Waals surface area contributed by atoms with Crippen LogP contribution in [0.25, 0.3) is 0 Å². The molecule has 3 rings (SSSR count). The van der Waals surface area contributed by atoms with Crippen molar-refractivity contribution in [2.45, 2.75) is 51.6 Å². The number of ether oxygens (including phenoxy) is 2. The Balaban J connectivity index is 1.67. The fourth-order valence-electron chi connectivity index (χ4n) is 3.13. The first-order chi connectivity index (χ1) is 12.1. The molecule has 0 atom stereocenters. The number of aryl methyl sites for hydroxylation is 1. The third-order valence-electron chi connectivity index (χ3n) is 4.45. The molecule has 0 amide bonds. The topological polar surface area (TPSA) is 61.3 Å². The van der Waals surface area contributed by atoms with Crippen molar-refractivity contribution in [2.24, 2.45) is 0 Å². The molecule has 132 valence electrons. The fraction of sp³-hybridized carbons (Fsp3) is 0.450. The standard InChI is InChI=1S/C20H24N2O3/c1-14-11-17(22-20(21-14)25-18-5-3-4-6-18)12-15-7-9-16(10-8-15)13-19(23)24-2/h7-11,18H,3-6,12-13H2,1-2H3. The number of hydrogen-bond donors (Lipinski definition) is 0. The Labute approximate surface area is 148 Å². The maximum Gasteiger partial charge on any atom is 0.317 e. The van der Waals surface area contributed by atoms with E-state index < -0.39 is 0 Å². The Bertz CT molecular complexity index is 722. The van der Waals surface area contributed by atoms with Gasteiger partial charge in [-0.15, -0.1) is 0 Å². The predicted molar refractivity (Wildman–Crippen MR) is 94.6 cm³/mol. The zero-order chi connectivity index (χ0) is 17.6. The minimum atomic E-state index is -0.229. The van der Waals surface area contributed by atoms with E-state index >= 15 is 0 Å². The lowest BCUT2D eigenvalue weighted by Crippen LogP contribution is -2.14. The van der Waals surface area contributed by atoms with Crippen LogP contribution in [0.3, 0.4) is 0 Å². The van der Waals surface area contributed by atoms with Crippen LogP contribution in [0.5, 0.6) is 6.01 Å². The van der Waals surface area contributed by atoms with Gasteiger partial charge in [-0.05, 0) is 49.8 Å². The summed E-state index contributed by atoms with van der Waals surface area (Å²) in [4.78, 5) is 20.3. The molecule has 5 heteroatoms. The van der Waals surface area contributed by atoms with Crippen molar-refractivity contribution in [3.05, 3.63) is 52.8 Å². The van der Waals surface area contributed by atoms with Crippen LogP contribution < -0.4 is 4.74 Å². The summed E-state index contributed by atoms with van der Waals surface area (Å²) in [5, 5.41) is 0. The summed E-state index contributed by atoms with van der Waals surface area (Å²) in [7, 11) is 1.40. The molecular formula is C20H24N2O3. The second kappa shape index (κ2) is 8.10. The van der Waals surface area contributed by atoms with Gasteiger partial charge in [0.05, 0.1) is 19.2 Å². The summed E-state index contributed by atoms with van der Waals surface area (Å²) in [6.07, 6.45) is 5.89. The molecule has 1 heterocycles. The SMILES string of the molecule is COC(=O)Cc1ccc(Cc2cc(C)nc(OC3CCCC3)n2)cc1. The Kier molecular flexibility index (Phi) is 5.64. The molecule has 1 aromatic heterocycles. The molecule has 1 aliphatic rings. The van der Waals surface area contributed by atoms with Gasteiger partial charge in [0.15, 0.2) is 0 Å². The highest BCUT2D eigenvalue weighted by Gasteiger charge is 2.18. The van der Waals surface area contributed by atoms with Crippen LogP contribution in [0, 0.1) is 6.92 Å². The summed E-state index contributed by atoms with van der Waals surface area (Å²) < 4.78 is 10.6. The summed E-state index contributed by atoms with van der Waals surface area (Å²) in [6.45, 7) is 1.96. The molecule has 0 bridgehead atoms. The summed E-state index contributed by atoms with van der Waals surface area (Å²) in [5.41, 5.74) is 3.94. The van der Waals surface area contributed by atoms with Crippen molar-refractivity contribution < 1.29 is 14.3 Å². The van der Waals surface area contributed by atoms with Crippen molar-refractivity contribution >= 4 is 5.97 Å². The molecule has 0 radical (unpaired) electrons. The van der Waals surface area contributed by atoms with Gasteiger partial charge in [-0.25, -0.2) is 4.98 Å². The first kappa shape index (κ1) is 17.4. The number of carbonyl (C=O) groups is 1. The van der Waals surface area contributed by atoms with Gasteiger partial charge in [0, 0.05) is 12.1 Å². The third kappa shape index (κ3) is 5.02. The first-order valence-electron chi connectivity index (χ1n) is 8.78. The molecule has 1 aliphatic carbocycles. The molecule has 0 saturated heterocycles. The normalized spacial score (nSPS) is 14.5. The predicted octanol–water partition coefficient (Wildman–Crippen LogP) is 3.41. The van der Waals surface area contributed by atoms with Crippen LogP contribution in [-0.4, -0.2) is 29.2 Å². The third-order valence-corrected chi connectivity index (χ3v) is 4.45. The Hall–Kier alpha value is -2.43. The van der Waals surface area contributed by atoms with E-state index in [2.05, 4.69) is 9.97 Å². The lowest BCUT2D eigenvalue weighted by atomic mass is 10.1. The van der Waals surface area contributed by atoms with Gasteiger partial charge in [0.2, 0.25) is 0 Å². The van der Waals surface area contributed by atoms with E-state index in [4.69, 9.17) is 9.47 Å². The lowest BCUT2D eigenvalue weighted by molar-refractivity contribution is -0.139. The van der Waals surface area contributed by atoms with Gasteiger partial charge in [-0.3, -0.25) is 4.79 Å². The summed E-state index contributed by atoms with van der Waals surface area (Å²) in [5.74, 6) is -0.229. The van der Waals surface area contributed by atoms with Gasteiger partial charge in [0.1, 0.15) is 6.10 Å². The molecule has 1 fully saturated rings. The second-order valence-corrected chi connectivity index (χ2v) is 6.55. The van der Waals surface area contributed by atoms with Gasteiger partial charge in [0.25, 0.3) is 0 Å². The highest BCUT2D eigenvalue weighted by atomic mass is 16.5. The van der Waals surface area contributed by atoms with Crippen molar-refractivity contribution in [3.63, 3.8) is 0 Å². The summed E-state index contributed by atoms with van der Waals surface area (Å²) in [6, 6.07) is 10.4. The van der Waals surface area contributed by atoms with Crippen LogP contribution in [0.2, 0.25) is 0 Å². The number of hydrogen-bond acceptors (Lipinski definition) is 5. The molecule has 5 nitrogen and oxygen atoms in total. The van der Waals surface area contributed by atoms with E-state index in [1.54, 1.807) is 0 Å². The van der Waals surface area contributed by atoms with Crippen LogP contribution in [0.15, 0.2) is 30.3 Å².